The van der Waals surface area contributed by atoms with Gasteiger partial charge in [-0.2, -0.15) is 0 Å². The minimum absolute atomic E-state index is 0.0153. The number of ether oxygens (including phenoxy) is 1. The van der Waals surface area contributed by atoms with Crippen LogP contribution in [0.1, 0.15) is 111 Å². The number of sulfonamides is 1. The molecule has 3 saturated carbocycles. The van der Waals surface area contributed by atoms with Crippen molar-refractivity contribution in [2.24, 2.45) is 11.3 Å². The van der Waals surface area contributed by atoms with Crippen LogP contribution in [-0.2, 0) is 10.0 Å². The summed E-state index contributed by atoms with van der Waals surface area (Å²) in [5.74, 6) is 0.528. The average molecular weight is 874 g/mol. The molecule has 5 aliphatic rings. The number of nitro groups is 1. The summed E-state index contributed by atoms with van der Waals surface area (Å²) >= 11 is 0. The number of nitro benzene ring substituents is 1. The predicted molar refractivity (Wildman–Crippen MR) is 241 cm³/mol. The summed E-state index contributed by atoms with van der Waals surface area (Å²) in [6.45, 7) is 5.16. The van der Waals surface area contributed by atoms with Gasteiger partial charge in [0.15, 0.2) is 0 Å². The van der Waals surface area contributed by atoms with Crippen molar-refractivity contribution in [2.75, 3.05) is 36.4 Å². The number of benzene rings is 3. The van der Waals surface area contributed by atoms with Crippen LogP contribution in [0.25, 0.3) is 11.0 Å². The lowest BCUT2D eigenvalue weighted by Crippen LogP contribution is -2.55. The minimum Gasteiger partial charge on any atom is -0.455 e. The highest BCUT2D eigenvalue weighted by atomic mass is 32.2. The molecular weight excluding hydrogens is 819 g/mol. The van der Waals surface area contributed by atoms with Crippen molar-refractivity contribution in [3.63, 3.8) is 0 Å². The van der Waals surface area contributed by atoms with Crippen LogP contribution >= 0.6 is 0 Å². The summed E-state index contributed by atoms with van der Waals surface area (Å²) in [6.07, 6.45) is 14.7. The van der Waals surface area contributed by atoms with E-state index in [1.54, 1.807) is 41.7 Å². The Morgan fingerprint density at radius 2 is 1.78 bits per heavy atom. The van der Waals surface area contributed by atoms with Crippen LogP contribution in [0, 0.1) is 21.4 Å². The Hall–Kier alpha value is -5.51. The Morgan fingerprint density at radius 1 is 0.984 bits per heavy atom. The van der Waals surface area contributed by atoms with Gasteiger partial charge in [0.1, 0.15) is 22.8 Å². The van der Waals surface area contributed by atoms with Gasteiger partial charge in [0.05, 0.1) is 27.2 Å². The van der Waals surface area contributed by atoms with Crippen molar-refractivity contribution in [3.05, 3.63) is 112 Å². The molecule has 3 aliphatic carbocycles. The van der Waals surface area contributed by atoms with Crippen molar-refractivity contribution in [1.82, 2.24) is 19.6 Å². The molecule has 4 N–H and O–H groups in total. The number of aromatic amines is 1. The van der Waals surface area contributed by atoms with E-state index in [0.717, 1.165) is 68.4 Å². The molecular formula is C48H55N7O7S. The number of aliphatic hydroxyl groups is 1. The summed E-state index contributed by atoms with van der Waals surface area (Å²) in [4.78, 5) is 37.7. The monoisotopic (exact) mass is 873 g/mol. The Morgan fingerprint density at radius 3 is 2.56 bits per heavy atom. The van der Waals surface area contributed by atoms with Crippen molar-refractivity contribution in [2.45, 2.75) is 106 Å². The molecule has 2 aromatic heterocycles. The smallest absolute Gasteiger partial charge is 0.293 e. The number of nitrogens with one attached hydrogen (secondary N) is 3. The van der Waals surface area contributed by atoms with E-state index >= 15 is 0 Å². The van der Waals surface area contributed by atoms with E-state index in [-0.39, 0.29) is 28.3 Å². The summed E-state index contributed by atoms with van der Waals surface area (Å²) in [5, 5.41) is 26.4. The highest BCUT2D eigenvalue weighted by molar-refractivity contribution is 7.90. The first-order chi connectivity index (χ1) is 30.3. The first-order valence-corrected chi connectivity index (χ1v) is 24.0. The van der Waals surface area contributed by atoms with Crippen LogP contribution in [0.15, 0.2) is 90.1 Å². The number of anilines is 2. The van der Waals surface area contributed by atoms with E-state index in [2.05, 4.69) is 54.1 Å². The molecule has 15 heteroatoms. The molecule has 63 heavy (non-hydrogen) atoms. The van der Waals surface area contributed by atoms with Gasteiger partial charge < -0.3 is 25.0 Å². The van der Waals surface area contributed by atoms with Crippen LogP contribution in [0.5, 0.6) is 11.5 Å². The lowest BCUT2D eigenvalue weighted by molar-refractivity contribution is -0.384. The first kappa shape index (κ1) is 41.5. The second kappa shape index (κ2) is 16.2. The van der Waals surface area contributed by atoms with Gasteiger partial charge in [-0.1, -0.05) is 24.3 Å². The Bertz CT molecular complexity index is 2660. The number of pyridine rings is 1. The average Bonchev–Trinajstić information content (AvgIpc) is 3.57. The topological polar surface area (TPSA) is 183 Å². The zero-order valence-electron chi connectivity index (χ0n) is 35.6. The van der Waals surface area contributed by atoms with E-state index < -0.39 is 37.0 Å². The molecule has 1 amide bonds. The molecule has 5 fully saturated rings. The van der Waals surface area contributed by atoms with Gasteiger partial charge in [-0.25, -0.2) is 18.1 Å². The van der Waals surface area contributed by atoms with Crippen LogP contribution in [0.3, 0.4) is 0 Å². The number of likely N-dealkylation sites (tertiary alicyclic amines) is 1. The Labute approximate surface area is 367 Å². The summed E-state index contributed by atoms with van der Waals surface area (Å²) in [5.41, 5.74) is 3.87. The van der Waals surface area contributed by atoms with Crippen molar-refractivity contribution in [1.29, 1.82) is 0 Å². The van der Waals surface area contributed by atoms with E-state index in [1.165, 1.54) is 44.2 Å². The van der Waals surface area contributed by atoms with Gasteiger partial charge >= 0.3 is 0 Å². The molecule has 4 heterocycles. The first-order valence-electron chi connectivity index (χ1n) is 22.5. The highest BCUT2D eigenvalue weighted by Gasteiger charge is 2.51. The molecule has 1 unspecified atom stereocenters. The van der Waals surface area contributed by atoms with Gasteiger partial charge in [-0.15, -0.1) is 0 Å². The molecule has 2 aliphatic heterocycles. The van der Waals surface area contributed by atoms with Crippen LogP contribution < -0.4 is 19.7 Å². The van der Waals surface area contributed by atoms with Gasteiger partial charge in [-0.3, -0.25) is 19.8 Å². The lowest BCUT2D eigenvalue weighted by atomic mass is 9.77. The maximum Gasteiger partial charge on any atom is 0.293 e. The molecule has 2 saturated heterocycles. The van der Waals surface area contributed by atoms with E-state index in [1.807, 2.05) is 19.1 Å². The SMILES string of the molecule is C[C@]1(O)CC[C@H](CNc2ccc(S(=O)(=O)NC(=O)c3ccc(N4CC5(CCC(N6CCC[C@H]6c6ccccc6C6CC6)C5)C4)cc3Oc3cnc4[nH]ccc4c3)cc2[N+](=O)[O-])CC1. The van der Waals surface area contributed by atoms with Crippen molar-refractivity contribution in [3.8, 4) is 11.5 Å². The standard InChI is InChI=1S/C48H55N7O7S/c1-47(57)18-14-31(15-19-47)27-50-41-13-11-37(25-43(41)55(58)59)63(60,61)52-46(56)40-12-10-34(24-44(40)62-36-23-33-17-21-49-45(33)51-28-36)53-29-48(30-53)20-16-35(26-48)54-22-4-7-42(54)39-6-3-2-5-38(39)32-8-9-32/h2-3,5-6,10-13,17,21,23-25,28,31-32,35,42,50,57H,4,7-9,14-16,18-20,22,26-27,29-30H2,1H3,(H,49,51)(H,52,56)/t31-,35?,42-,47-/m0/s1. The quantitative estimate of drug-likeness (QED) is 0.0655. The number of hydrogen-bond donors (Lipinski definition) is 4. The van der Waals surface area contributed by atoms with E-state index in [4.69, 9.17) is 4.74 Å². The number of rotatable bonds is 13. The lowest BCUT2D eigenvalue weighted by Gasteiger charge is -2.50. The predicted octanol–water partition coefficient (Wildman–Crippen LogP) is 8.81. The fraction of sp³-hybridized carbons (Fsp3) is 0.458. The number of carbonyl (C=O) groups excluding carboxylic acids is 1. The maximum absolute atomic E-state index is 14.0. The fourth-order valence-corrected chi connectivity index (χ4v) is 11.9. The van der Waals surface area contributed by atoms with Crippen LogP contribution in [-0.4, -0.2) is 77.0 Å². The van der Waals surface area contributed by atoms with Gasteiger partial charge in [0, 0.05) is 66.5 Å². The maximum atomic E-state index is 14.0. The number of hydrogen-bond acceptors (Lipinski definition) is 11. The summed E-state index contributed by atoms with van der Waals surface area (Å²) < 4.78 is 36.0. The Kier molecular flexibility index (Phi) is 10.7. The third kappa shape index (κ3) is 8.50. The zero-order chi connectivity index (χ0) is 43.5. The van der Waals surface area contributed by atoms with Crippen molar-refractivity contribution < 1.29 is 28.0 Å². The molecule has 10 rings (SSSR count). The molecule has 0 bridgehead atoms. The van der Waals surface area contributed by atoms with Gasteiger partial charge in [0.25, 0.3) is 21.6 Å². The molecule has 0 radical (unpaired) electrons. The molecule has 2 atom stereocenters. The van der Waals surface area contributed by atoms with E-state index in [9.17, 15) is 28.4 Å². The molecule has 1 spiro atoms. The van der Waals surface area contributed by atoms with Crippen LogP contribution in [0.4, 0.5) is 17.1 Å². The normalized spacial score (nSPS) is 24.7. The fourth-order valence-electron chi connectivity index (χ4n) is 10.9. The van der Waals surface area contributed by atoms with Crippen molar-refractivity contribution >= 4 is 44.0 Å². The second-order valence-electron chi connectivity index (χ2n) is 19.1. The summed E-state index contributed by atoms with van der Waals surface area (Å²) in [7, 11) is -4.56. The van der Waals surface area contributed by atoms with E-state index in [0.29, 0.717) is 42.9 Å². The number of H-pyrrole nitrogens is 1. The van der Waals surface area contributed by atoms with Gasteiger partial charge in [0.2, 0.25) is 0 Å². The largest absolute Gasteiger partial charge is 0.455 e. The second-order valence-corrected chi connectivity index (χ2v) is 20.8. The number of carbonyl (C=O) groups is 1. The summed E-state index contributed by atoms with van der Waals surface area (Å²) in [6, 6.07) is 22.6. The number of nitrogens with zero attached hydrogens (tertiary/aromatic N) is 4. The number of fused-ring (bicyclic) bond motifs is 1. The van der Waals surface area contributed by atoms with Crippen LogP contribution in [0.2, 0.25) is 0 Å². The number of aromatic nitrogens is 2. The molecule has 5 aromatic rings. The molecule has 3 aromatic carbocycles. The van der Waals surface area contributed by atoms with Gasteiger partial charge in [-0.05, 0) is 143 Å². The number of amides is 1. The third-order valence-electron chi connectivity index (χ3n) is 14.5. The minimum atomic E-state index is -4.56. The molecule has 330 valence electrons. The molecule has 14 nitrogen and oxygen atoms in total. The third-order valence-corrected chi connectivity index (χ3v) is 15.8. The highest BCUT2D eigenvalue weighted by Crippen LogP contribution is 2.52. The Balaban J connectivity index is 0.851. The zero-order valence-corrected chi connectivity index (χ0v) is 36.4.